The Morgan fingerprint density at radius 1 is 0.867 bits per heavy atom. The van der Waals surface area contributed by atoms with Crippen molar-refractivity contribution in [2.45, 2.75) is 19.5 Å². The van der Waals surface area contributed by atoms with Gasteiger partial charge in [-0.1, -0.05) is 36.4 Å². The highest BCUT2D eigenvalue weighted by Gasteiger charge is 2.07. The highest BCUT2D eigenvalue weighted by atomic mass is 15.3. The van der Waals surface area contributed by atoms with E-state index in [9.17, 15) is 0 Å². The molecule has 5 rings (SSSR count). The predicted molar refractivity (Wildman–Crippen MR) is 118 cm³/mol. The lowest BCUT2D eigenvalue weighted by atomic mass is 10.1. The van der Waals surface area contributed by atoms with Gasteiger partial charge in [-0.15, -0.1) is 0 Å². The Morgan fingerprint density at radius 3 is 2.40 bits per heavy atom. The van der Waals surface area contributed by atoms with Crippen molar-refractivity contribution in [3.05, 3.63) is 103 Å². The Morgan fingerprint density at radius 2 is 1.63 bits per heavy atom. The largest absolute Gasteiger partial charge is 0.306 e. The monoisotopic (exact) mass is 394 g/mol. The minimum Gasteiger partial charge on any atom is -0.306 e. The highest BCUT2D eigenvalue weighted by molar-refractivity contribution is 5.77. The molecule has 6 nitrogen and oxygen atoms in total. The van der Waals surface area contributed by atoms with Crippen molar-refractivity contribution in [3.8, 4) is 11.4 Å². The van der Waals surface area contributed by atoms with Crippen LogP contribution in [0.2, 0.25) is 0 Å². The molecule has 0 aliphatic rings. The minimum atomic E-state index is 0.243. The van der Waals surface area contributed by atoms with Crippen LogP contribution in [0.1, 0.15) is 24.1 Å². The summed E-state index contributed by atoms with van der Waals surface area (Å²) in [6, 6.07) is 25.4. The topological polar surface area (TPSA) is 60.6 Å². The molecule has 148 valence electrons. The smallest absolute Gasteiger partial charge is 0.138 e. The summed E-state index contributed by atoms with van der Waals surface area (Å²) in [6.07, 6.45) is 5.12. The van der Waals surface area contributed by atoms with E-state index in [1.165, 1.54) is 11.1 Å². The van der Waals surface area contributed by atoms with Crippen LogP contribution in [0.3, 0.4) is 0 Å². The van der Waals surface area contributed by atoms with Crippen LogP contribution < -0.4 is 5.32 Å². The Hall–Kier alpha value is -3.77. The maximum absolute atomic E-state index is 4.47. The lowest BCUT2D eigenvalue weighted by Crippen LogP contribution is -2.18. The molecule has 0 saturated carbocycles. The second kappa shape index (κ2) is 7.93. The third-order valence-corrected chi connectivity index (χ3v) is 5.36. The van der Waals surface area contributed by atoms with Crippen LogP contribution in [0, 0.1) is 0 Å². The molecular formula is C24H22N6. The van der Waals surface area contributed by atoms with Gasteiger partial charge in [-0.2, -0.15) is 5.10 Å². The summed E-state index contributed by atoms with van der Waals surface area (Å²) in [5, 5.41) is 7.76. The molecule has 0 radical (unpaired) electrons. The first-order valence-corrected chi connectivity index (χ1v) is 9.98. The lowest BCUT2D eigenvalue weighted by Gasteiger charge is -2.15. The standard InChI is InChI=1S/C24H22N6/c1-18(20-8-12-22(13-9-20)30-16-25-15-28-30)26-14-19-6-10-21(11-7-19)29-17-27-23-4-2-3-5-24(23)29/h2-13,15-18,26H,14H2,1H3. The summed E-state index contributed by atoms with van der Waals surface area (Å²) >= 11 is 0. The van der Waals surface area contributed by atoms with E-state index < -0.39 is 0 Å². The maximum Gasteiger partial charge on any atom is 0.138 e. The Kier molecular flexibility index (Phi) is 4.83. The highest BCUT2D eigenvalue weighted by Crippen LogP contribution is 2.19. The van der Waals surface area contributed by atoms with Gasteiger partial charge >= 0.3 is 0 Å². The second-order valence-corrected chi connectivity index (χ2v) is 7.30. The first-order chi connectivity index (χ1) is 14.8. The molecule has 1 unspecified atom stereocenters. The van der Waals surface area contributed by atoms with Crippen molar-refractivity contribution in [2.75, 3.05) is 0 Å². The van der Waals surface area contributed by atoms with E-state index in [0.29, 0.717) is 0 Å². The first-order valence-electron chi connectivity index (χ1n) is 9.98. The van der Waals surface area contributed by atoms with Crippen LogP contribution in [-0.2, 0) is 6.54 Å². The number of rotatable bonds is 6. The van der Waals surface area contributed by atoms with Gasteiger partial charge in [-0.05, 0) is 54.4 Å². The van der Waals surface area contributed by atoms with Crippen LogP contribution in [0.5, 0.6) is 0 Å². The van der Waals surface area contributed by atoms with Gasteiger partial charge in [0.25, 0.3) is 0 Å². The van der Waals surface area contributed by atoms with E-state index in [2.05, 4.69) is 86.5 Å². The predicted octanol–water partition coefficient (Wildman–Crippen LogP) is 4.46. The Balaban J connectivity index is 1.24. The molecule has 5 aromatic rings. The number of nitrogens with zero attached hydrogens (tertiary/aromatic N) is 5. The van der Waals surface area contributed by atoms with Crippen molar-refractivity contribution >= 4 is 11.0 Å². The average molecular weight is 394 g/mol. The van der Waals surface area contributed by atoms with Crippen molar-refractivity contribution < 1.29 is 0 Å². The first kappa shape index (κ1) is 18.3. The number of hydrogen-bond donors (Lipinski definition) is 1. The third-order valence-electron chi connectivity index (χ3n) is 5.36. The molecular weight excluding hydrogens is 372 g/mol. The van der Waals surface area contributed by atoms with E-state index in [1.807, 2.05) is 24.5 Å². The van der Waals surface area contributed by atoms with Crippen LogP contribution in [0.15, 0.2) is 91.8 Å². The van der Waals surface area contributed by atoms with Gasteiger partial charge in [0.1, 0.15) is 19.0 Å². The molecule has 0 amide bonds. The van der Waals surface area contributed by atoms with Crippen LogP contribution >= 0.6 is 0 Å². The number of imidazole rings is 1. The third kappa shape index (κ3) is 3.60. The van der Waals surface area contributed by atoms with Gasteiger partial charge in [-0.3, -0.25) is 4.57 Å². The van der Waals surface area contributed by atoms with Crippen molar-refractivity contribution in [3.63, 3.8) is 0 Å². The quantitative estimate of drug-likeness (QED) is 0.462. The summed E-state index contributed by atoms with van der Waals surface area (Å²) in [4.78, 5) is 8.47. The van der Waals surface area contributed by atoms with Crippen molar-refractivity contribution in [1.82, 2.24) is 29.6 Å². The fourth-order valence-corrected chi connectivity index (χ4v) is 3.59. The molecule has 30 heavy (non-hydrogen) atoms. The molecule has 6 heteroatoms. The molecule has 2 heterocycles. The SMILES string of the molecule is CC(NCc1ccc(-n2cnc3ccccc32)cc1)c1ccc(-n2cncn2)cc1. The molecule has 1 atom stereocenters. The molecule has 3 aromatic carbocycles. The van der Waals surface area contributed by atoms with Crippen LogP contribution in [-0.4, -0.2) is 24.3 Å². The molecule has 0 saturated heterocycles. The van der Waals surface area contributed by atoms with Crippen LogP contribution in [0.25, 0.3) is 22.4 Å². The molecule has 0 spiro atoms. The van der Waals surface area contributed by atoms with Crippen molar-refractivity contribution in [1.29, 1.82) is 0 Å². The van der Waals surface area contributed by atoms with E-state index >= 15 is 0 Å². The van der Waals surface area contributed by atoms with Gasteiger partial charge in [0, 0.05) is 18.3 Å². The summed E-state index contributed by atoms with van der Waals surface area (Å²) in [5.74, 6) is 0. The summed E-state index contributed by atoms with van der Waals surface area (Å²) in [5.41, 5.74) is 6.73. The molecule has 0 aliphatic carbocycles. The second-order valence-electron chi connectivity index (χ2n) is 7.30. The molecule has 2 aromatic heterocycles. The fourth-order valence-electron chi connectivity index (χ4n) is 3.59. The van der Waals surface area contributed by atoms with Crippen molar-refractivity contribution in [2.24, 2.45) is 0 Å². The molecule has 0 aliphatic heterocycles. The van der Waals surface area contributed by atoms with Gasteiger partial charge in [-0.25, -0.2) is 14.6 Å². The zero-order valence-electron chi connectivity index (χ0n) is 16.7. The zero-order chi connectivity index (χ0) is 20.3. The zero-order valence-corrected chi connectivity index (χ0v) is 16.7. The maximum atomic E-state index is 4.47. The van der Waals surface area contributed by atoms with E-state index in [4.69, 9.17) is 0 Å². The number of nitrogens with one attached hydrogen (secondary N) is 1. The van der Waals surface area contributed by atoms with Gasteiger partial charge in [0.2, 0.25) is 0 Å². The fraction of sp³-hybridized carbons (Fsp3) is 0.125. The van der Waals surface area contributed by atoms with Gasteiger partial charge in [0.05, 0.1) is 16.7 Å². The number of aromatic nitrogens is 5. The number of para-hydroxylation sites is 2. The minimum absolute atomic E-state index is 0.243. The van der Waals surface area contributed by atoms with Gasteiger partial charge in [0.15, 0.2) is 0 Å². The number of hydrogen-bond acceptors (Lipinski definition) is 4. The molecule has 1 N–H and O–H groups in total. The number of fused-ring (bicyclic) bond motifs is 1. The Labute approximate surface area is 174 Å². The summed E-state index contributed by atoms with van der Waals surface area (Å²) in [7, 11) is 0. The lowest BCUT2D eigenvalue weighted by molar-refractivity contribution is 0.574. The number of benzene rings is 3. The normalized spacial score (nSPS) is 12.3. The molecule has 0 fully saturated rings. The van der Waals surface area contributed by atoms with E-state index in [-0.39, 0.29) is 6.04 Å². The molecule has 0 bridgehead atoms. The Bertz CT molecular complexity index is 1240. The average Bonchev–Trinajstić information content (AvgIpc) is 3.48. The van der Waals surface area contributed by atoms with Crippen LogP contribution in [0.4, 0.5) is 0 Å². The summed E-state index contributed by atoms with van der Waals surface area (Å²) in [6.45, 7) is 2.98. The van der Waals surface area contributed by atoms with Gasteiger partial charge < -0.3 is 5.32 Å². The summed E-state index contributed by atoms with van der Waals surface area (Å²) < 4.78 is 3.87. The van der Waals surface area contributed by atoms with E-state index in [0.717, 1.165) is 29.0 Å². The van der Waals surface area contributed by atoms with E-state index in [1.54, 1.807) is 17.3 Å².